The number of aromatic nitrogens is 4. The van der Waals surface area contributed by atoms with Gasteiger partial charge in [-0.1, -0.05) is 25.0 Å². The predicted molar refractivity (Wildman–Crippen MR) is 161 cm³/mol. The third kappa shape index (κ3) is 6.52. The van der Waals surface area contributed by atoms with Crippen LogP contribution >= 0.6 is 0 Å². The number of carbonyl (C=O) groups is 2. The van der Waals surface area contributed by atoms with Crippen LogP contribution < -0.4 is 29.2 Å². The summed E-state index contributed by atoms with van der Waals surface area (Å²) in [5.74, 6) is 0.936. The van der Waals surface area contributed by atoms with E-state index in [1.54, 1.807) is 43.5 Å². The van der Waals surface area contributed by atoms with Crippen molar-refractivity contribution >= 4 is 17.5 Å². The lowest BCUT2D eigenvalue weighted by atomic mass is 10.0. The average molecular weight is 617 g/mol. The molecule has 2 aliphatic rings. The van der Waals surface area contributed by atoms with Gasteiger partial charge in [0.1, 0.15) is 31.6 Å². The van der Waals surface area contributed by atoms with Crippen molar-refractivity contribution in [3.8, 4) is 34.4 Å². The van der Waals surface area contributed by atoms with Crippen molar-refractivity contribution in [2.45, 2.75) is 44.3 Å². The highest BCUT2D eigenvalue weighted by Crippen LogP contribution is 2.38. The lowest BCUT2D eigenvalue weighted by Gasteiger charge is -2.33. The molecule has 2 heterocycles. The van der Waals surface area contributed by atoms with Gasteiger partial charge >= 0.3 is 0 Å². The van der Waals surface area contributed by atoms with Gasteiger partial charge in [0.05, 0.1) is 14.2 Å². The summed E-state index contributed by atoms with van der Waals surface area (Å²) >= 11 is 0. The van der Waals surface area contributed by atoms with E-state index in [2.05, 4.69) is 20.7 Å². The number of tetrazole rings is 1. The lowest BCUT2D eigenvalue weighted by Crippen LogP contribution is -2.47. The third-order valence-corrected chi connectivity index (χ3v) is 7.84. The molecule has 45 heavy (non-hydrogen) atoms. The first kappa shape index (κ1) is 29.9. The van der Waals surface area contributed by atoms with Crippen molar-refractivity contribution in [2.75, 3.05) is 32.3 Å². The molecule has 0 bridgehead atoms. The Labute approximate surface area is 259 Å². The summed E-state index contributed by atoms with van der Waals surface area (Å²) in [5.41, 5.74) is 1.43. The van der Waals surface area contributed by atoms with Gasteiger partial charge in [-0.05, 0) is 66.1 Å². The minimum atomic E-state index is -1.13. The van der Waals surface area contributed by atoms with E-state index < -0.39 is 17.8 Å². The van der Waals surface area contributed by atoms with Crippen molar-refractivity contribution in [3.63, 3.8) is 0 Å². The molecule has 6 rings (SSSR count). The summed E-state index contributed by atoms with van der Waals surface area (Å²) in [6, 6.07) is 14.6. The fourth-order valence-electron chi connectivity index (χ4n) is 5.63. The summed E-state index contributed by atoms with van der Waals surface area (Å²) in [5, 5.41) is 15.8. The number of halogens is 1. The Hall–Kier alpha value is -5.20. The van der Waals surface area contributed by atoms with E-state index in [1.807, 2.05) is 0 Å². The Morgan fingerprint density at radius 1 is 0.978 bits per heavy atom. The fourth-order valence-corrected chi connectivity index (χ4v) is 5.63. The highest BCUT2D eigenvalue weighted by Gasteiger charge is 2.35. The number of methoxy groups -OCH3 is 2. The zero-order valence-electron chi connectivity index (χ0n) is 24.9. The van der Waals surface area contributed by atoms with Crippen LogP contribution in [0, 0.1) is 5.82 Å². The third-order valence-electron chi connectivity index (χ3n) is 7.84. The van der Waals surface area contributed by atoms with Gasteiger partial charge in [-0.3, -0.25) is 14.5 Å². The van der Waals surface area contributed by atoms with Crippen molar-refractivity contribution < 1.29 is 32.9 Å². The smallest absolute Gasteiger partial charge is 0.251 e. The van der Waals surface area contributed by atoms with Gasteiger partial charge in [-0.2, -0.15) is 4.80 Å². The molecule has 0 spiro atoms. The molecule has 12 nitrogen and oxygen atoms in total. The molecule has 1 aliphatic carbocycles. The Balaban J connectivity index is 1.36. The molecule has 4 aromatic rings. The number of hydrogen-bond donors (Lipinski definition) is 1. The molecule has 0 radical (unpaired) electrons. The van der Waals surface area contributed by atoms with E-state index >= 15 is 0 Å². The maximum Gasteiger partial charge on any atom is 0.251 e. The minimum absolute atomic E-state index is 0.0151. The zero-order chi connectivity index (χ0) is 31.3. The highest BCUT2D eigenvalue weighted by atomic mass is 19.1. The number of carbonyl (C=O) groups excluding carboxylic acids is 2. The molecule has 1 aliphatic heterocycles. The lowest BCUT2D eigenvalue weighted by molar-refractivity contribution is -0.127. The first-order valence-corrected chi connectivity index (χ1v) is 14.7. The minimum Gasteiger partial charge on any atom is -0.493 e. The van der Waals surface area contributed by atoms with Gasteiger partial charge in [0, 0.05) is 23.4 Å². The second-order valence-corrected chi connectivity index (χ2v) is 10.7. The Morgan fingerprint density at radius 2 is 1.71 bits per heavy atom. The monoisotopic (exact) mass is 616 g/mol. The standard InChI is InChI=1S/C32H33FN6O6/c1-42-25-13-9-21(17-27(25)43-2)31-35-37-38(36-31)19-29(40)39(24-12-14-26-28(18-24)45-16-15-44-26)30(20-7-10-22(33)11-8-20)32(41)34-23-5-3-4-6-23/h7-14,17-18,23,30H,3-6,15-16,19H2,1-2H3,(H,34,41)/t30-/m0/s1. The van der Waals surface area contributed by atoms with Crippen LogP contribution in [0.4, 0.5) is 10.1 Å². The number of nitrogens with zero attached hydrogens (tertiary/aromatic N) is 5. The molecule has 13 heteroatoms. The van der Waals surface area contributed by atoms with Crippen molar-refractivity contribution in [2.24, 2.45) is 0 Å². The van der Waals surface area contributed by atoms with Crippen LogP contribution in [0.25, 0.3) is 11.4 Å². The van der Waals surface area contributed by atoms with Crippen LogP contribution in [0.15, 0.2) is 60.7 Å². The van der Waals surface area contributed by atoms with E-state index in [9.17, 15) is 14.0 Å². The number of amides is 2. The largest absolute Gasteiger partial charge is 0.493 e. The summed E-state index contributed by atoms with van der Waals surface area (Å²) in [6.45, 7) is 0.399. The number of anilines is 1. The van der Waals surface area contributed by atoms with Gasteiger partial charge < -0.3 is 24.3 Å². The highest BCUT2D eigenvalue weighted by molar-refractivity contribution is 6.01. The van der Waals surface area contributed by atoms with E-state index in [0.717, 1.165) is 30.5 Å². The van der Waals surface area contributed by atoms with Gasteiger partial charge in [0.2, 0.25) is 11.7 Å². The molecule has 1 aromatic heterocycles. The first-order chi connectivity index (χ1) is 21.9. The molecule has 1 fully saturated rings. The van der Waals surface area contributed by atoms with Crippen LogP contribution in [-0.2, 0) is 16.1 Å². The van der Waals surface area contributed by atoms with Crippen LogP contribution in [0.5, 0.6) is 23.0 Å². The molecule has 234 valence electrons. The molecule has 1 atom stereocenters. The quantitative estimate of drug-likeness (QED) is 0.280. The Bertz CT molecular complexity index is 1670. The maximum absolute atomic E-state index is 14.3. The molecular formula is C32H33FN6O6. The number of nitrogens with one attached hydrogen (secondary N) is 1. The summed E-state index contributed by atoms with van der Waals surface area (Å²) in [7, 11) is 3.07. The van der Waals surface area contributed by atoms with E-state index in [-0.39, 0.29) is 24.3 Å². The van der Waals surface area contributed by atoms with Gasteiger partial charge in [-0.15, -0.1) is 10.2 Å². The first-order valence-electron chi connectivity index (χ1n) is 14.7. The summed E-state index contributed by atoms with van der Waals surface area (Å²) in [6.07, 6.45) is 3.72. The van der Waals surface area contributed by atoms with Crippen molar-refractivity contribution in [1.29, 1.82) is 0 Å². The summed E-state index contributed by atoms with van der Waals surface area (Å²) in [4.78, 5) is 30.8. The maximum atomic E-state index is 14.3. The second-order valence-electron chi connectivity index (χ2n) is 10.7. The topological polar surface area (TPSA) is 130 Å². The van der Waals surface area contributed by atoms with Crippen LogP contribution in [0.2, 0.25) is 0 Å². The SMILES string of the molecule is COc1ccc(-c2nnn(CC(=O)N(c3ccc4c(c3)OCCO4)[C@H](C(=O)NC3CCCC3)c3ccc(F)cc3)n2)cc1OC. The van der Waals surface area contributed by atoms with Crippen LogP contribution in [0.3, 0.4) is 0 Å². The van der Waals surface area contributed by atoms with Crippen LogP contribution in [-0.4, -0.2) is 65.5 Å². The molecule has 2 amide bonds. The van der Waals surface area contributed by atoms with Crippen molar-refractivity contribution in [1.82, 2.24) is 25.5 Å². The molecule has 1 saturated carbocycles. The average Bonchev–Trinajstić information content (AvgIpc) is 3.76. The number of benzene rings is 3. The fraction of sp³-hybridized carbons (Fsp3) is 0.344. The van der Waals surface area contributed by atoms with Crippen molar-refractivity contribution in [3.05, 3.63) is 72.0 Å². The number of rotatable bonds is 10. The Morgan fingerprint density at radius 3 is 2.44 bits per heavy atom. The van der Waals surface area contributed by atoms with Gasteiger partial charge in [0.25, 0.3) is 5.91 Å². The normalized spacial score (nSPS) is 14.9. The van der Waals surface area contributed by atoms with Gasteiger partial charge in [0.15, 0.2) is 23.0 Å². The molecule has 0 saturated heterocycles. The number of hydrogen-bond acceptors (Lipinski definition) is 9. The number of fused-ring (bicyclic) bond motifs is 1. The van der Waals surface area contributed by atoms with Gasteiger partial charge in [-0.25, -0.2) is 4.39 Å². The van der Waals surface area contributed by atoms with E-state index in [1.165, 1.54) is 36.3 Å². The number of ether oxygens (including phenoxy) is 4. The van der Waals surface area contributed by atoms with E-state index in [4.69, 9.17) is 18.9 Å². The Kier molecular flexibility index (Phi) is 8.76. The van der Waals surface area contributed by atoms with E-state index in [0.29, 0.717) is 53.0 Å². The van der Waals surface area contributed by atoms with Crippen LogP contribution in [0.1, 0.15) is 37.3 Å². The molecular weight excluding hydrogens is 583 g/mol. The molecule has 0 unspecified atom stereocenters. The molecule has 1 N–H and O–H groups in total. The summed E-state index contributed by atoms with van der Waals surface area (Å²) < 4.78 is 36.2. The predicted octanol–water partition coefficient (Wildman–Crippen LogP) is 4.10. The molecule has 3 aromatic carbocycles. The zero-order valence-corrected chi connectivity index (χ0v) is 24.9. The second kappa shape index (κ2) is 13.2.